The van der Waals surface area contributed by atoms with Crippen molar-refractivity contribution in [2.75, 3.05) is 0 Å². The molecule has 0 bridgehead atoms. The molecule has 0 radical (unpaired) electrons. The molecule has 106 valence electrons. The molecule has 2 rings (SSSR count). The van der Waals surface area contributed by atoms with Gasteiger partial charge in [0.2, 0.25) is 0 Å². The van der Waals surface area contributed by atoms with Crippen molar-refractivity contribution in [1.82, 2.24) is 9.78 Å². The van der Waals surface area contributed by atoms with Crippen LogP contribution in [0.3, 0.4) is 0 Å². The third-order valence-corrected chi connectivity index (χ3v) is 3.97. The Morgan fingerprint density at radius 1 is 1.30 bits per heavy atom. The summed E-state index contributed by atoms with van der Waals surface area (Å²) in [6.45, 7) is 8.51. The zero-order valence-electron chi connectivity index (χ0n) is 12.3. The van der Waals surface area contributed by atoms with Crippen LogP contribution in [0.4, 0.5) is 0 Å². The van der Waals surface area contributed by atoms with Crippen LogP contribution in [-0.2, 0) is 13.0 Å². The van der Waals surface area contributed by atoms with Gasteiger partial charge in [0.05, 0.1) is 22.8 Å². The number of Topliss-reactive ketones (excluding diaryl/α,β-unsaturated/α-hetero) is 1. The molecule has 0 aliphatic heterocycles. The highest BCUT2D eigenvalue weighted by molar-refractivity contribution is 6.32. The van der Waals surface area contributed by atoms with Gasteiger partial charge in [0.25, 0.3) is 0 Å². The number of carbonyl (C=O) groups is 1. The summed E-state index contributed by atoms with van der Waals surface area (Å²) >= 11 is 6.26. The predicted molar refractivity (Wildman–Crippen MR) is 81.6 cm³/mol. The van der Waals surface area contributed by atoms with Crippen molar-refractivity contribution in [3.8, 4) is 0 Å². The number of hydrogen-bond acceptors (Lipinski definition) is 2. The van der Waals surface area contributed by atoms with E-state index in [4.69, 9.17) is 11.6 Å². The number of aryl methyl sites for hydroxylation is 4. The Balaban J connectivity index is 2.35. The van der Waals surface area contributed by atoms with Crippen LogP contribution in [0, 0.1) is 20.8 Å². The maximum Gasteiger partial charge on any atom is 0.169 e. The van der Waals surface area contributed by atoms with Gasteiger partial charge in [0.15, 0.2) is 5.78 Å². The van der Waals surface area contributed by atoms with Gasteiger partial charge in [-0.05, 0) is 39.3 Å². The third kappa shape index (κ3) is 2.78. The first-order chi connectivity index (χ1) is 9.43. The molecule has 0 saturated heterocycles. The van der Waals surface area contributed by atoms with Gasteiger partial charge in [0, 0.05) is 12.1 Å². The minimum absolute atomic E-state index is 0.0858. The number of ketones is 1. The molecule has 0 atom stereocenters. The van der Waals surface area contributed by atoms with Gasteiger partial charge in [-0.15, -0.1) is 0 Å². The van der Waals surface area contributed by atoms with Crippen molar-refractivity contribution in [1.29, 1.82) is 0 Å². The van der Waals surface area contributed by atoms with Crippen molar-refractivity contribution in [3.63, 3.8) is 0 Å². The van der Waals surface area contributed by atoms with E-state index in [0.717, 1.165) is 28.1 Å². The lowest BCUT2D eigenvalue weighted by Gasteiger charge is -2.08. The van der Waals surface area contributed by atoms with Gasteiger partial charge in [-0.3, -0.25) is 9.48 Å². The van der Waals surface area contributed by atoms with Crippen LogP contribution in [0.15, 0.2) is 18.2 Å². The summed E-state index contributed by atoms with van der Waals surface area (Å²) < 4.78 is 1.81. The van der Waals surface area contributed by atoms with Crippen LogP contribution in [-0.4, -0.2) is 15.6 Å². The minimum atomic E-state index is 0.0858. The molecule has 3 nitrogen and oxygen atoms in total. The molecule has 0 amide bonds. The SMILES string of the molecule is CCn1nc(C)c(Cl)c1CC(=O)c1cc(C)ccc1C. The number of carbonyl (C=O) groups excluding carboxylic acids is 1. The van der Waals surface area contributed by atoms with E-state index in [1.54, 1.807) is 4.68 Å². The molecular formula is C16H19ClN2O. The molecule has 0 spiro atoms. The Hall–Kier alpha value is -1.61. The first kappa shape index (κ1) is 14.8. The minimum Gasteiger partial charge on any atom is -0.294 e. The summed E-state index contributed by atoms with van der Waals surface area (Å²) in [5.41, 5.74) is 4.43. The fraction of sp³-hybridized carbons (Fsp3) is 0.375. The van der Waals surface area contributed by atoms with Crippen LogP contribution in [0.25, 0.3) is 0 Å². The molecule has 20 heavy (non-hydrogen) atoms. The second kappa shape index (κ2) is 5.80. The van der Waals surface area contributed by atoms with E-state index in [2.05, 4.69) is 5.10 Å². The molecule has 0 saturated carbocycles. The lowest BCUT2D eigenvalue weighted by molar-refractivity contribution is 0.0990. The van der Waals surface area contributed by atoms with E-state index in [-0.39, 0.29) is 12.2 Å². The topological polar surface area (TPSA) is 34.9 Å². The maximum atomic E-state index is 12.5. The molecule has 0 aliphatic carbocycles. The van der Waals surface area contributed by atoms with E-state index >= 15 is 0 Å². The fourth-order valence-corrected chi connectivity index (χ4v) is 2.52. The van der Waals surface area contributed by atoms with Crippen LogP contribution in [0.1, 0.15) is 39.8 Å². The third-order valence-electron chi connectivity index (χ3n) is 3.47. The summed E-state index contributed by atoms with van der Waals surface area (Å²) in [7, 11) is 0. The Morgan fingerprint density at radius 3 is 2.65 bits per heavy atom. The molecule has 4 heteroatoms. The van der Waals surface area contributed by atoms with E-state index < -0.39 is 0 Å². The first-order valence-corrected chi connectivity index (χ1v) is 7.14. The van der Waals surface area contributed by atoms with E-state index in [0.29, 0.717) is 11.6 Å². The number of aromatic nitrogens is 2. The van der Waals surface area contributed by atoms with Crippen LogP contribution < -0.4 is 0 Å². The molecule has 0 N–H and O–H groups in total. The van der Waals surface area contributed by atoms with Gasteiger partial charge in [0.1, 0.15) is 0 Å². The highest BCUT2D eigenvalue weighted by atomic mass is 35.5. The van der Waals surface area contributed by atoms with Crippen LogP contribution in [0.5, 0.6) is 0 Å². The standard InChI is InChI=1S/C16H19ClN2O/c1-5-19-14(16(17)12(4)18-19)9-15(20)13-8-10(2)6-7-11(13)3/h6-8H,5,9H2,1-4H3. The molecule has 1 heterocycles. The van der Waals surface area contributed by atoms with Crippen LogP contribution in [0.2, 0.25) is 5.02 Å². The summed E-state index contributed by atoms with van der Waals surface area (Å²) in [6.07, 6.45) is 0.289. The normalized spacial score (nSPS) is 10.8. The Bertz CT molecular complexity index is 659. The second-order valence-electron chi connectivity index (χ2n) is 5.08. The van der Waals surface area contributed by atoms with E-state index in [1.165, 1.54) is 0 Å². The van der Waals surface area contributed by atoms with Crippen molar-refractivity contribution < 1.29 is 4.79 Å². The average Bonchev–Trinajstić information content (AvgIpc) is 2.69. The fourth-order valence-electron chi connectivity index (χ4n) is 2.32. The summed E-state index contributed by atoms with van der Waals surface area (Å²) in [5.74, 6) is 0.0858. The lowest BCUT2D eigenvalue weighted by Crippen LogP contribution is -2.11. The van der Waals surface area contributed by atoms with E-state index in [9.17, 15) is 4.79 Å². The Labute approximate surface area is 124 Å². The zero-order valence-corrected chi connectivity index (χ0v) is 13.1. The lowest BCUT2D eigenvalue weighted by atomic mass is 9.99. The van der Waals surface area contributed by atoms with Gasteiger partial charge in [-0.1, -0.05) is 29.3 Å². The molecule has 1 aromatic heterocycles. The number of benzene rings is 1. The average molecular weight is 291 g/mol. The van der Waals surface area contributed by atoms with Crippen molar-refractivity contribution in [2.45, 2.75) is 40.7 Å². The maximum absolute atomic E-state index is 12.5. The van der Waals surface area contributed by atoms with Gasteiger partial charge in [-0.25, -0.2) is 0 Å². The molecule has 2 aromatic rings. The number of rotatable bonds is 4. The summed E-state index contributed by atoms with van der Waals surface area (Å²) in [4.78, 5) is 12.5. The van der Waals surface area contributed by atoms with Crippen molar-refractivity contribution >= 4 is 17.4 Å². The number of hydrogen-bond donors (Lipinski definition) is 0. The first-order valence-electron chi connectivity index (χ1n) is 6.76. The van der Waals surface area contributed by atoms with Crippen molar-refractivity contribution in [3.05, 3.63) is 51.3 Å². The molecule has 0 unspecified atom stereocenters. The second-order valence-corrected chi connectivity index (χ2v) is 5.46. The summed E-state index contributed by atoms with van der Waals surface area (Å²) in [5, 5.41) is 4.95. The van der Waals surface area contributed by atoms with Crippen LogP contribution >= 0.6 is 11.6 Å². The zero-order chi connectivity index (χ0) is 14.9. The predicted octanol–water partition coefficient (Wildman–Crippen LogP) is 3.91. The molecule has 0 aliphatic rings. The monoisotopic (exact) mass is 290 g/mol. The number of nitrogens with zero attached hydrogens (tertiary/aromatic N) is 2. The number of halogens is 1. The van der Waals surface area contributed by atoms with E-state index in [1.807, 2.05) is 45.9 Å². The quantitative estimate of drug-likeness (QED) is 0.800. The smallest absolute Gasteiger partial charge is 0.169 e. The largest absolute Gasteiger partial charge is 0.294 e. The molecule has 1 aromatic carbocycles. The van der Waals surface area contributed by atoms with Gasteiger partial charge < -0.3 is 0 Å². The highest BCUT2D eigenvalue weighted by Gasteiger charge is 2.18. The molecular weight excluding hydrogens is 272 g/mol. The van der Waals surface area contributed by atoms with Gasteiger partial charge >= 0.3 is 0 Å². The highest BCUT2D eigenvalue weighted by Crippen LogP contribution is 2.23. The summed E-state index contributed by atoms with van der Waals surface area (Å²) in [6, 6.07) is 5.93. The van der Waals surface area contributed by atoms with Crippen molar-refractivity contribution in [2.24, 2.45) is 0 Å². The Morgan fingerprint density at radius 2 is 2.00 bits per heavy atom. The van der Waals surface area contributed by atoms with Gasteiger partial charge in [-0.2, -0.15) is 5.10 Å². The molecule has 0 fully saturated rings. The Kier molecular flexibility index (Phi) is 4.29.